The minimum Gasteiger partial charge on any atom is -0.303 e. The van der Waals surface area contributed by atoms with E-state index in [9.17, 15) is 12.8 Å². The Hall–Kier alpha value is -1.92. The van der Waals surface area contributed by atoms with Gasteiger partial charge >= 0.3 is 0 Å². The normalized spacial score (nSPS) is 18.2. The fourth-order valence-corrected chi connectivity index (χ4v) is 4.61. The molecule has 0 radical (unpaired) electrons. The molecule has 1 aliphatic heterocycles. The van der Waals surface area contributed by atoms with Gasteiger partial charge in [-0.15, -0.1) is 0 Å². The zero-order valence-electron chi connectivity index (χ0n) is 15.0. The van der Waals surface area contributed by atoms with Crippen LogP contribution in [0.5, 0.6) is 0 Å². The van der Waals surface area contributed by atoms with Gasteiger partial charge in [-0.3, -0.25) is 4.72 Å². The zero-order chi connectivity index (χ0) is 18.6. The second kappa shape index (κ2) is 8.18. The van der Waals surface area contributed by atoms with Gasteiger partial charge in [-0.25, -0.2) is 12.8 Å². The Morgan fingerprint density at radius 2 is 2.00 bits per heavy atom. The summed E-state index contributed by atoms with van der Waals surface area (Å²) in [5.41, 5.74) is 2.05. The van der Waals surface area contributed by atoms with E-state index in [1.807, 2.05) is 12.1 Å². The van der Waals surface area contributed by atoms with Gasteiger partial charge in [-0.05, 0) is 67.2 Å². The maximum Gasteiger partial charge on any atom is 0.261 e. The van der Waals surface area contributed by atoms with Crippen molar-refractivity contribution < 1.29 is 12.8 Å². The maximum absolute atomic E-state index is 12.8. The largest absolute Gasteiger partial charge is 0.303 e. The van der Waals surface area contributed by atoms with E-state index in [1.54, 1.807) is 18.2 Å². The summed E-state index contributed by atoms with van der Waals surface area (Å²) in [6.07, 6.45) is 2.24. The number of anilines is 1. The van der Waals surface area contributed by atoms with E-state index in [0.717, 1.165) is 38.0 Å². The summed E-state index contributed by atoms with van der Waals surface area (Å²) in [5, 5.41) is 0. The van der Waals surface area contributed by atoms with Crippen LogP contribution in [0.3, 0.4) is 0 Å². The number of halogens is 1. The smallest absolute Gasteiger partial charge is 0.261 e. The van der Waals surface area contributed by atoms with Crippen molar-refractivity contribution >= 4 is 15.7 Å². The lowest BCUT2D eigenvalue weighted by atomic mass is 9.98. The fraction of sp³-hybridized carbons (Fsp3) is 0.400. The van der Waals surface area contributed by atoms with Crippen molar-refractivity contribution in [1.82, 2.24) is 4.90 Å². The van der Waals surface area contributed by atoms with Gasteiger partial charge in [0, 0.05) is 12.2 Å². The van der Waals surface area contributed by atoms with Crippen LogP contribution in [0.1, 0.15) is 36.8 Å². The van der Waals surface area contributed by atoms with Crippen molar-refractivity contribution in [2.45, 2.75) is 37.3 Å². The average molecular weight is 376 g/mol. The van der Waals surface area contributed by atoms with Gasteiger partial charge in [0.25, 0.3) is 10.0 Å². The molecule has 0 aromatic heterocycles. The highest BCUT2D eigenvalue weighted by molar-refractivity contribution is 7.92. The van der Waals surface area contributed by atoms with Gasteiger partial charge < -0.3 is 4.90 Å². The van der Waals surface area contributed by atoms with Crippen LogP contribution >= 0.6 is 0 Å². The molecule has 1 saturated heterocycles. The Bertz CT molecular complexity index is 854. The van der Waals surface area contributed by atoms with Crippen LogP contribution in [0.2, 0.25) is 0 Å². The van der Waals surface area contributed by atoms with Crippen molar-refractivity contribution in [2.75, 3.05) is 24.4 Å². The van der Waals surface area contributed by atoms with E-state index in [1.165, 1.54) is 12.1 Å². The number of sulfonamides is 1. The molecule has 0 spiro atoms. The predicted octanol–water partition coefficient (Wildman–Crippen LogP) is 4.16. The number of alkyl halides is 1. The predicted molar refractivity (Wildman–Crippen MR) is 103 cm³/mol. The Kier molecular flexibility index (Phi) is 5.94. The highest BCUT2D eigenvalue weighted by Gasteiger charge is 2.23. The van der Waals surface area contributed by atoms with Crippen LogP contribution in [0, 0.1) is 0 Å². The summed E-state index contributed by atoms with van der Waals surface area (Å²) in [6, 6.07) is 13.6. The summed E-state index contributed by atoms with van der Waals surface area (Å²) >= 11 is 0. The SMILES string of the molecule is CCCN1CCC(c2cccc(NS(=O)(=O)c3cccc(CF)c3)c2)C1. The molecule has 3 rings (SSSR count). The van der Waals surface area contributed by atoms with Gasteiger partial charge in [0.05, 0.1) is 4.90 Å². The Morgan fingerprint density at radius 1 is 1.19 bits per heavy atom. The van der Waals surface area contributed by atoms with Gasteiger partial charge in [0.15, 0.2) is 0 Å². The molecule has 0 bridgehead atoms. The van der Waals surface area contributed by atoms with Crippen molar-refractivity contribution in [1.29, 1.82) is 0 Å². The van der Waals surface area contributed by atoms with E-state index < -0.39 is 16.7 Å². The molecule has 26 heavy (non-hydrogen) atoms. The quantitative estimate of drug-likeness (QED) is 0.789. The second-order valence-electron chi connectivity index (χ2n) is 6.80. The van der Waals surface area contributed by atoms with E-state index >= 15 is 0 Å². The first-order chi connectivity index (χ1) is 12.5. The first-order valence-corrected chi connectivity index (χ1v) is 10.5. The number of hydrogen-bond acceptors (Lipinski definition) is 3. The third-order valence-electron chi connectivity index (χ3n) is 4.79. The van der Waals surface area contributed by atoms with Crippen LogP contribution in [-0.2, 0) is 16.7 Å². The Labute approximate surface area is 155 Å². The number of benzene rings is 2. The fourth-order valence-electron chi connectivity index (χ4n) is 3.49. The molecule has 1 unspecified atom stereocenters. The van der Waals surface area contributed by atoms with Crippen LogP contribution < -0.4 is 4.72 Å². The Morgan fingerprint density at radius 3 is 2.77 bits per heavy atom. The van der Waals surface area contributed by atoms with Crippen LogP contribution in [-0.4, -0.2) is 33.0 Å². The van der Waals surface area contributed by atoms with E-state index in [-0.39, 0.29) is 4.90 Å². The topological polar surface area (TPSA) is 49.4 Å². The van der Waals surface area contributed by atoms with E-state index in [0.29, 0.717) is 17.2 Å². The molecular weight excluding hydrogens is 351 g/mol. The highest BCUT2D eigenvalue weighted by Crippen LogP contribution is 2.29. The third kappa shape index (κ3) is 4.43. The Balaban J connectivity index is 1.76. The number of likely N-dealkylation sites (tertiary alicyclic amines) is 1. The zero-order valence-corrected chi connectivity index (χ0v) is 15.8. The molecule has 4 nitrogen and oxygen atoms in total. The standard InChI is InChI=1S/C20H25FN2O2S/c1-2-10-23-11-9-18(15-23)17-6-4-7-19(13-17)22-26(24,25)20-8-3-5-16(12-20)14-21/h3-8,12-13,18,22H,2,9-11,14-15H2,1H3. The lowest BCUT2D eigenvalue weighted by Gasteiger charge is -2.16. The summed E-state index contributed by atoms with van der Waals surface area (Å²) < 4.78 is 40.6. The molecule has 2 aromatic carbocycles. The second-order valence-corrected chi connectivity index (χ2v) is 8.48. The van der Waals surface area contributed by atoms with Crippen LogP contribution in [0.25, 0.3) is 0 Å². The lowest BCUT2D eigenvalue weighted by Crippen LogP contribution is -2.21. The molecule has 0 amide bonds. The van der Waals surface area contributed by atoms with Gasteiger partial charge in [0.2, 0.25) is 0 Å². The third-order valence-corrected chi connectivity index (χ3v) is 6.16. The molecule has 140 valence electrons. The summed E-state index contributed by atoms with van der Waals surface area (Å²) in [7, 11) is -3.73. The maximum atomic E-state index is 12.8. The highest BCUT2D eigenvalue weighted by atomic mass is 32.2. The van der Waals surface area contributed by atoms with Crippen molar-refractivity contribution in [2.24, 2.45) is 0 Å². The molecule has 2 aromatic rings. The van der Waals surface area contributed by atoms with Crippen molar-refractivity contribution in [3.63, 3.8) is 0 Å². The van der Waals surface area contributed by atoms with E-state index in [2.05, 4.69) is 22.6 Å². The minimum atomic E-state index is -3.73. The summed E-state index contributed by atoms with van der Waals surface area (Å²) in [6.45, 7) is 4.70. The van der Waals surface area contributed by atoms with Crippen LogP contribution in [0.15, 0.2) is 53.4 Å². The molecule has 1 fully saturated rings. The molecule has 1 heterocycles. The van der Waals surface area contributed by atoms with Crippen molar-refractivity contribution in [3.8, 4) is 0 Å². The van der Waals surface area contributed by atoms with Gasteiger partial charge in [0.1, 0.15) is 6.67 Å². The van der Waals surface area contributed by atoms with Crippen LogP contribution in [0.4, 0.5) is 10.1 Å². The first-order valence-electron chi connectivity index (χ1n) is 9.02. The first kappa shape index (κ1) is 18.9. The molecule has 1 atom stereocenters. The van der Waals surface area contributed by atoms with Gasteiger partial charge in [-0.1, -0.05) is 31.2 Å². The molecule has 0 aliphatic carbocycles. The molecule has 0 saturated carbocycles. The van der Waals surface area contributed by atoms with Gasteiger partial charge in [-0.2, -0.15) is 0 Å². The number of nitrogens with one attached hydrogen (secondary N) is 1. The molecular formula is C20H25FN2O2S. The summed E-state index contributed by atoms with van der Waals surface area (Å²) in [5.74, 6) is 0.431. The number of rotatable bonds is 7. The molecule has 1 aliphatic rings. The summed E-state index contributed by atoms with van der Waals surface area (Å²) in [4.78, 5) is 2.53. The monoisotopic (exact) mass is 376 g/mol. The lowest BCUT2D eigenvalue weighted by molar-refractivity contribution is 0.335. The molecule has 6 heteroatoms. The minimum absolute atomic E-state index is 0.0769. The number of nitrogens with zero attached hydrogens (tertiary/aromatic N) is 1. The van der Waals surface area contributed by atoms with Crippen molar-refractivity contribution in [3.05, 3.63) is 59.7 Å². The van der Waals surface area contributed by atoms with E-state index in [4.69, 9.17) is 0 Å². The molecule has 1 N–H and O–H groups in total. The number of hydrogen-bond donors (Lipinski definition) is 1. The average Bonchev–Trinajstić information content (AvgIpc) is 3.11.